The van der Waals surface area contributed by atoms with Crippen LogP contribution in [-0.4, -0.2) is 32.7 Å². The summed E-state index contributed by atoms with van der Waals surface area (Å²) in [5.74, 6) is -0.239. The predicted octanol–water partition coefficient (Wildman–Crippen LogP) is 1.61. The molecule has 21 heavy (non-hydrogen) atoms. The summed E-state index contributed by atoms with van der Waals surface area (Å²) in [6.07, 6.45) is 2.38. The Kier molecular flexibility index (Phi) is 2.71. The molecule has 0 saturated heterocycles. The van der Waals surface area contributed by atoms with Gasteiger partial charge >= 0.3 is 0 Å². The van der Waals surface area contributed by atoms with Crippen molar-refractivity contribution in [1.29, 1.82) is 0 Å². The molecule has 1 aromatic carbocycles. The third-order valence-corrected chi connectivity index (χ3v) is 3.59. The van der Waals surface area contributed by atoms with Crippen LogP contribution in [0.3, 0.4) is 0 Å². The first-order chi connectivity index (χ1) is 10.3. The largest absolute Gasteiger partial charge is 0.376 e. The summed E-state index contributed by atoms with van der Waals surface area (Å²) in [6.45, 7) is 1.08. The zero-order valence-electron chi connectivity index (χ0n) is 11.1. The number of fused-ring (bicyclic) bond motifs is 2. The molecule has 3 N–H and O–H groups in total. The zero-order chi connectivity index (χ0) is 14.2. The number of amides is 1. The Hall–Kier alpha value is -2.67. The average Bonchev–Trinajstić information content (AvgIpc) is 3.13. The van der Waals surface area contributed by atoms with Gasteiger partial charge in [-0.05, 0) is 18.2 Å². The number of benzene rings is 1. The van der Waals surface area contributed by atoms with Crippen LogP contribution >= 0.6 is 0 Å². The quantitative estimate of drug-likeness (QED) is 0.665. The first-order valence-electron chi connectivity index (χ1n) is 6.69. The number of hydrogen-bond donors (Lipinski definition) is 3. The highest BCUT2D eigenvalue weighted by molar-refractivity contribution is 6.04. The maximum Gasteiger partial charge on any atom is 0.276 e. The summed E-state index contributed by atoms with van der Waals surface area (Å²) in [5.41, 5.74) is 4.66. The lowest BCUT2D eigenvalue weighted by molar-refractivity contribution is 0.0985. The lowest BCUT2D eigenvalue weighted by Crippen LogP contribution is -2.17. The van der Waals surface area contributed by atoms with E-state index in [1.54, 1.807) is 6.33 Å². The highest BCUT2D eigenvalue weighted by Gasteiger charge is 2.22. The molecule has 4 rings (SSSR count). The van der Waals surface area contributed by atoms with E-state index in [2.05, 4.69) is 25.5 Å². The minimum absolute atomic E-state index is 0.239. The van der Waals surface area contributed by atoms with E-state index in [9.17, 15) is 4.79 Å². The van der Waals surface area contributed by atoms with Gasteiger partial charge in [0, 0.05) is 23.4 Å². The minimum atomic E-state index is -0.239. The summed E-state index contributed by atoms with van der Waals surface area (Å²) in [4.78, 5) is 19.5. The van der Waals surface area contributed by atoms with E-state index in [1.807, 2.05) is 18.2 Å². The molecule has 0 saturated carbocycles. The van der Waals surface area contributed by atoms with E-state index in [4.69, 9.17) is 4.74 Å². The van der Waals surface area contributed by atoms with Crippen molar-refractivity contribution in [3.63, 3.8) is 0 Å². The van der Waals surface area contributed by atoms with Crippen LogP contribution in [0.2, 0.25) is 0 Å². The van der Waals surface area contributed by atoms with Crippen molar-refractivity contribution in [2.75, 3.05) is 11.9 Å². The van der Waals surface area contributed by atoms with Gasteiger partial charge in [-0.1, -0.05) is 0 Å². The van der Waals surface area contributed by atoms with Gasteiger partial charge in [0.2, 0.25) is 0 Å². The van der Waals surface area contributed by atoms with E-state index in [1.165, 1.54) is 0 Å². The van der Waals surface area contributed by atoms with Crippen molar-refractivity contribution in [1.82, 2.24) is 20.2 Å². The van der Waals surface area contributed by atoms with Crippen molar-refractivity contribution < 1.29 is 9.53 Å². The zero-order valence-corrected chi connectivity index (χ0v) is 11.1. The van der Waals surface area contributed by atoms with Crippen molar-refractivity contribution in [3.8, 4) is 0 Å². The van der Waals surface area contributed by atoms with Gasteiger partial charge in [0.1, 0.15) is 0 Å². The van der Waals surface area contributed by atoms with Crippen molar-refractivity contribution in [3.05, 3.63) is 41.5 Å². The summed E-state index contributed by atoms with van der Waals surface area (Å²) in [7, 11) is 0. The fourth-order valence-electron chi connectivity index (χ4n) is 2.50. The monoisotopic (exact) mass is 283 g/mol. The maximum absolute atomic E-state index is 12.3. The fourth-order valence-corrected chi connectivity index (χ4v) is 2.50. The fraction of sp³-hybridized carbons (Fsp3) is 0.214. The summed E-state index contributed by atoms with van der Waals surface area (Å²) < 4.78 is 5.39. The number of imidazole rings is 1. The Bertz CT molecular complexity index is 820. The molecule has 7 heteroatoms. The minimum Gasteiger partial charge on any atom is -0.376 e. The molecule has 0 aliphatic carbocycles. The summed E-state index contributed by atoms with van der Waals surface area (Å²) in [5, 5.41) is 9.87. The predicted molar refractivity (Wildman–Crippen MR) is 76.0 cm³/mol. The van der Waals surface area contributed by atoms with Crippen LogP contribution in [0.1, 0.15) is 21.7 Å². The van der Waals surface area contributed by atoms with Gasteiger partial charge < -0.3 is 15.0 Å². The molecule has 0 radical (unpaired) electrons. The Labute approximate surface area is 119 Å². The SMILES string of the molecule is O=C(Nc1ccc2nc[nH]c2c1)c1n[nH]c2c1COCC2. The van der Waals surface area contributed by atoms with Crippen LogP contribution in [0.5, 0.6) is 0 Å². The van der Waals surface area contributed by atoms with Crippen LogP contribution in [-0.2, 0) is 17.8 Å². The highest BCUT2D eigenvalue weighted by Crippen LogP contribution is 2.20. The second kappa shape index (κ2) is 4.71. The van der Waals surface area contributed by atoms with Gasteiger partial charge in [-0.15, -0.1) is 0 Å². The number of ether oxygens (including phenoxy) is 1. The first-order valence-corrected chi connectivity index (χ1v) is 6.69. The van der Waals surface area contributed by atoms with Crippen LogP contribution in [0.15, 0.2) is 24.5 Å². The highest BCUT2D eigenvalue weighted by atomic mass is 16.5. The van der Waals surface area contributed by atoms with Gasteiger partial charge in [0.15, 0.2) is 5.69 Å². The number of hydrogen-bond acceptors (Lipinski definition) is 4. The van der Waals surface area contributed by atoms with Crippen molar-refractivity contribution >= 4 is 22.6 Å². The van der Waals surface area contributed by atoms with Crippen LogP contribution < -0.4 is 5.32 Å². The lowest BCUT2D eigenvalue weighted by atomic mass is 10.1. The third kappa shape index (κ3) is 2.07. The Morgan fingerprint density at radius 3 is 3.29 bits per heavy atom. The van der Waals surface area contributed by atoms with E-state index in [-0.39, 0.29) is 5.91 Å². The molecule has 0 unspecified atom stereocenters. The standard InChI is InChI=1S/C14H13N5O2/c20-14(13-9-6-21-4-3-10(9)18-19-13)17-8-1-2-11-12(5-8)16-7-15-11/h1-2,5,7H,3-4,6H2,(H,15,16)(H,17,20)(H,18,19). The Morgan fingerprint density at radius 2 is 2.33 bits per heavy atom. The molecule has 3 heterocycles. The molecule has 0 spiro atoms. The Morgan fingerprint density at radius 1 is 1.38 bits per heavy atom. The smallest absolute Gasteiger partial charge is 0.276 e. The number of anilines is 1. The molecule has 1 aliphatic heterocycles. The molecule has 0 atom stereocenters. The summed E-state index contributed by atoms with van der Waals surface area (Å²) >= 11 is 0. The molecular weight excluding hydrogens is 270 g/mol. The van der Waals surface area contributed by atoms with Crippen molar-refractivity contribution in [2.45, 2.75) is 13.0 Å². The molecule has 2 aromatic heterocycles. The molecule has 0 bridgehead atoms. The third-order valence-electron chi connectivity index (χ3n) is 3.59. The number of nitrogens with one attached hydrogen (secondary N) is 3. The van der Waals surface area contributed by atoms with Crippen molar-refractivity contribution in [2.24, 2.45) is 0 Å². The number of nitrogens with zero attached hydrogens (tertiary/aromatic N) is 2. The average molecular weight is 283 g/mol. The van der Waals surface area contributed by atoms with Gasteiger partial charge in [-0.25, -0.2) is 4.98 Å². The Balaban J connectivity index is 1.61. The second-order valence-corrected chi connectivity index (χ2v) is 4.92. The molecule has 106 valence electrons. The van der Waals surface area contributed by atoms with Gasteiger partial charge in [-0.3, -0.25) is 9.89 Å². The number of carbonyl (C=O) groups is 1. The molecule has 3 aromatic rings. The lowest BCUT2D eigenvalue weighted by Gasteiger charge is -2.12. The number of aromatic amines is 2. The van der Waals surface area contributed by atoms with E-state index < -0.39 is 0 Å². The molecule has 1 aliphatic rings. The van der Waals surface area contributed by atoms with Crippen LogP contribution in [0.4, 0.5) is 5.69 Å². The molecule has 0 fully saturated rings. The molecular formula is C14H13N5O2. The summed E-state index contributed by atoms with van der Waals surface area (Å²) in [6, 6.07) is 5.51. The van der Waals surface area contributed by atoms with Gasteiger partial charge in [0.05, 0.1) is 30.6 Å². The van der Waals surface area contributed by atoms with Gasteiger partial charge in [0.25, 0.3) is 5.91 Å². The van der Waals surface area contributed by atoms with E-state index in [0.29, 0.717) is 24.6 Å². The topological polar surface area (TPSA) is 95.7 Å². The van der Waals surface area contributed by atoms with E-state index in [0.717, 1.165) is 28.7 Å². The number of carbonyl (C=O) groups excluding carboxylic acids is 1. The number of aromatic nitrogens is 4. The second-order valence-electron chi connectivity index (χ2n) is 4.92. The molecule has 1 amide bonds. The van der Waals surface area contributed by atoms with E-state index >= 15 is 0 Å². The van der Waals surface area contributed by atoms with Crippen LogP contribution in [0, 0.1) is 0 Å². The van der Waals surface area contributed by atoms with Crippen LogP contribution in [0.25, 0.3) is 11.0 Å². The normalized spacial score (nSPS) is 14.1. The number of H-pyrrole nitrogens is 2. The maximum atomic E-state index is 12.3. The first kappa shape index (κ1) is 12.1. The van der Waals surface area contributed by atoms with Gasteiger partial charge in [-0.2, -0.15) is 5.10 Å². The number of rotatable bonds is 2. The molecule has 7 nitrogen and oxygen atoms in total.